The third kappa shape index (κ3) is 1.94. The Kier molecular flexibility index (Phi) is 2.70. The zero-order chi connectivity index (χ0) is 12.9. The Morgan fingerprint density at radius 2 is 1.94 bits per heavy atom. The highest BCUT2D eigenvalue weighted by atomic mass is 16.7. The molecule has 0 aromatic carbocycles. The second-order valence-corrected chi connectivity index (χ2v) is 6.21. The van der Waals surface area contributed by atoms with E-state index in [9.17, 15) is 4.79 Å². The topological polar surface area (TPSA) is 73.6 Å². The standard InChI is InChI=1S/C13H22N2O3/c1-2-17-13(4-3-5-13)18-6-10(16)15-12-7-11(14,8-12)9-12/h2-9,14H2,1H3,(H,15,16). The lowest BCUT2D eigenvalue weighted by atomic mass is 9.44. The smallest absolute Gasteiger partial charge is 0.246 e. The Balaban J connectivity index is 1.42. The van der Waals surface area contributed by atoms with E-state index in [1.54, 1.807) is 0 Å². The molecule has 0 saturated heterocycles. The van der Waals surface area contributed by atoms with Gasteiger partial charge in [-0.05, 0) is 32.6 Å². The van der Waals surface area contributed by atoms with Crippen molar-refractivity contribution in [3.8, 4) is 0 Å². The first-order chi connectivity index (χ1) is 8.49. The van der Waals surface area contributed by atoms with E-state index in [4.69, 9.17) is 15.2 Å². The molecule has 2 bridgehead atoms. The Hall–Kier alpha value is -0.650. The minimum Gasteiger partial charge on any atom is -0.350 e. The Morgan fingerprint density at radius 3 is 2.39 bits per heavy atom. The SMILES string of the molecule is CCOC1(OCC(=O)NC23CC(N)(C2)C3)CCC1. The molecule has 0 unspecified atom stereocenters. The van der Waals surface area contributed by atoms with Crippen LogP contribution in [-0.2, 0) is 14.3 Å². The molecule has 0 radical (unpaired) electrons. The van der Waals surface area contributed by atoms with Crippen molar-refractivity contribution in [3.05, 3.63) is 0 Å². The van der Waals surface area contributed by atoms with Crippen LogP contribution in [0.3, 0.4) is 0 Å². The number of hydrogen-bond acceptors (Lipinski definition) is 4. The van der Waals surface area contributed by atoms with E-state index in [1.165, 1.54) is 0 Å². The van der Waals surface area contributed by atoms with Crippen LogP contribution >= 0.6 is 0 Å². The number of rotatable bonds is 6. The Labute approximate surface area is 107 Å². The van der Waals surface area contributed by atoms with Crippen molar-refractivity contribution in [2.45, 2.75) is 62.3 Å². The zero-order valence-corrected chi connectivity index (χ0v) is 11.0. The number of carbonyl (C=O) groups excluding carboxylic acids is 1. The van der Waals surface area contributed by atoms with E-state index in [-0.39, 0.29) is 23.6 Å². The second-order valence-electron chi connectivity index (χ2n) is 6.21. The lowest BCUT2D eigenvalue weighted by Crippen LogP contribution is -2.82. The lowest BCUT2D eigenvalue weighted by Gasteiger charge is -2.68. The quantitative estimate of drug-likeness (QED) is 0.683. The van der Waals surface area contributed by atoms with Crippen LogP contribution in [0.15, 0.2) is 0 Å². The van der Waals surface area contributed by atoms with Gasteiger partial charge in [0.25, 0.3) is 0 Å². The highest BCUT2D eigenvalue weighted by Crippen LogP contribution is 2.58. The van der Waals surface area contributed by atoms with Gasteiger partial charge >= 0.3 is 0 Å². The van der Waals surface area contributed by atoms with Crippen LogP contribution in [0.1, 0.15) is 45.4 Å². The fourth-order valence-corrected chi connectivity index (χ4v) is 3.59. The van der Waals surface area contributed by atoms with E-state index in [0.29, 0.717) is 6.61 Å². The second kappa shape index (κ2) is 3.92. The van der Waals surface area contributed by atoms with E-state index in [1.807, 2.05) is 6.92 Å². The van der Waals surface area contributed by atoms with E-state index in [2.05, 4.69) is 5.32 Å². The molecule has 4 rings (SSSR count). The highest BCUT2D eigenvalue weighted by molar-refractivity contribution is 5.79. The third-order valence-electron chi connectivity index (χ3n) is 4.46. The number of nitrogens with one attached hydrogen (secondary N) is 1. The molecular weight excluding hydrogens is 232 g/mol. The number of nitrogens with two attached hydrogens (primary N) is 1. The van der Waals surface area contributed by atoms with Crippen LogP contribution in [0.4, 0.5) is 0 Å². The minimum absolute atomic E-state index is 0.00637. The van der Waals surface area contributed by atoms with Crippen molar-refractivity contribution < 1.29 is 14.3 Å². The first-order valence-electron chi connectivity index (χ1n) is 6.87. The van der Waals surface area contributed by atoms with Crippen LogP contribution in [-0.4, -0.2) is 36.0 Å². The van der Waals surface area contributed by atoms with Crippen molar-refractivity contribution in [3.63, 3.8) is 0 Å². The van der Waals surface area contributed by atoms with E-state index < -0.39 is 5.79 Å². The Morgan fingerprint density at radius 1 is 1.28 bits per heavy atom. The maximum Gasteiger partial charge on any atom is 0.246 e. The van der Waals surface area contributed by atoms with Gasteiger partial charge in [0.1, 0.15) is 6.61 Å². The average molecular weight is 254 g/mol. The van der Waals surface area contributed by atoms with Crippen molar-refractivity contribution in [1.82, 2.24) is 5.32 Å². The number of carbonyl (C=O) groups is 1. The summed E-state index contributed by atoms with van der Waals surface area (Å²) >= 11 is 0. The maximum absolute atomic E-state index is 11.8. The molecule has 4 aliphatic rings. The summed E-state index contributed by atoms with van der Waals surface area (Å²) in [4.78, 5) is 11.8. The summed E-state index contributed by atoms with van der Waals surface area (Å²) in [5.41, 5.74) is 5.98. The zero-order valence-electron chi connectivity index (χ0n) is 11.0. The summed E-state index contributed by atoms with van der Waals surface area (Å²) < 4.78 is 11.2. The molecular formula is C13H22N2O3. The van der Waals surface area contributed by atoms with Crippen molar-refractivity contribution in [2.75, 3.05) is 13.2 Å². The van der Waals surface area contributed by atoms with Crippen LogP contribution in [0.25, 0.3) is 0 Å². The van der Waals surface area contributed by atoms with Gasteiger partial charge < -0.3 is 20.5 Å². The summed E-state index contributed by atoms with van der Waals surface area (Å²) in [6.07, 6.45) is 5.66. The summed E-state index contributed by atoms with van der Waals surface area (Å²) in [6, 6.07) is 0. The predicted octanol–water partition coefficient (Wildman–Crippen LogP) is 0.670. The molecule has 0 aromatic rings. The molecule has 5 heteroatoms. The van der Waals surface area contributed by atoms with Gasteiger partial charge in [-0.1, -0.05) is 0 Å². The molecule has 3 N–H and O–H groups in total. The molecule has 4 fully saturated rings. The van der Waals surface area contributed by atoms with Crippen LogP contribution < -0.4 is 11.1 Å². The number of hydrogen-bond donors (Lipinski definition) is 2. The molecule has 4 saturated carbocycles. The maximum atomic E-state index is 11.8. The van der Waals surface area contributed by atoms with Gasteiger partial charge in [0.15, 0.2) is 5.79 Å². The van der Waals surface area contributed by atoms with Gasteiger partial charge in [-0.25, -0.2) is 0 Å². The lowest BCUT2D eigenvalue weighted by molar-refractivity contribution is -0.273. The fourth-order valence-electron chi connectivity index (χ4n) is 3.59. The molecule has 5 nitrogen and oxygen atoms in total. The number of ether oxygens (including phenoxy) is 2. The van der Waals surface area contributed by atoms with Gasteiger partial charge in [-0.3, -0.25) is 4.79 Å². The van der Waals surface area contributed by atoms with Crippen molar-refractivity contribution in [2.24, 2.45) is 5.73 Å². The normalized spacial score (nSPS) is 39.2. The van der Waals surface area contributed by atoms with Gasteiger partial charge in [-0.2, -0.15) is 0 Å². The van der Waals surface area contributed by atoms with Gasteiger partial charge in [0.05, 0.1) is 0 Å². The molecule has 0 aromatic heterocycles. The predicted molar refractivity (Wildman–Crippen MR) is 65.8 cm³/mol. The number of amides is 1. The third-order valence-corrected chi connectivity index (χ3v) is 4.46. The molecule has 102 valence electrons. The molecule has 4 aliphatic carbocycles. The molecule has 0 spiro atoms. The fraction of sp³-hybridized carbons (Fsp3) is 0.923. The van der Waals surface area contributed by atoms with Crippen LogP contribution in [0.2, 0.25) is 0 Å². The molecule has 18 heavy (non-hydrogen) atoms. The van der Waals surface area contributed by atoms with E-state index >= 15 is 0 Å². The average Bonchev–Trinajstić information content (AvgIpc) is 2.18. The van der Waals surface area contributed by atoms with Gasteiger partial charge in [0, 0.05) is 30.5 Å². The van der Waals surface area contributed by atoms with Crippen LogP contribution in [0, 0.1) is 0 Å². The van der Waals surface area contributed by atoms with Gasteiger partial charge in [-0.15, -0.1) is 0 Å². The summed E-state index contributed by atoms with van der Waals surface area (Å²) in [6.45, 7) is 2.67. The monoisotopic (exact) mass is 254 g/mol. The summed E-state index contributed by atoms with van der Waals surface area (Å²) in [5.74, 6) is -0.525. The molecule has 0 aliphatic heterocycles. The summed E-state index contributed by atoms with van der Waals surface area (Å²) in [7, 11) is 0. The van der Waals surface area contributed by atoms with Crippen molar-refractivity contribution in [1.29, 1.82) is 0 Å². The summed E-state index contributed by atoms with van der Waals surface area (Å²) in [5, 5.41) is 3.05. The van der Waals surface area contributed by atoms with E-state index in [0.717, 1.165) is 38.5 Å². The highest BCUT2D eigenvalue weighted by Gasteiger charge is 2.66. The molecule has 0 atom stereocenters. The first kappa shape index (κ1) is 12.4. The Bertz CT molecular complexity index is 345. The molecule has 1 amide bonds. The van der Waals surface area contributed by atoms with Crippen LogP contribution in [0.5, 0.6) is 0 Å². The minimum atomic E-state index is -0.486. The largest absolute Gasteiger partial charge is 0.350 e. The first-order valence-corrected chi connectivity index (χ1v) is 6.87. The molecule has 0 heterocycles. The van der Waals surface area contributed by atoms with Crippen molar-refractivity contribution >= 4 is 5.91 Å². The van der Waals surface area contributed by atoms with Gasteiger partial charge in [0.2, 0.25) is 5.91 Å².